The van der Waals surface area contributed by atoms with Crippen LogP contribution in [0.1, 0.15) is 0 Å². The Kier molecular flexibility index (Phi) is 1.68. The smallest absolute Gasteiger partial charge is 0.271 e. The molecule has 0 amide bonds. The molecule has 0 radical (unpaired) electrons. The van der Waals surface area contributed by atoms with Crippen molar-refractivity contribution in [3.8, 4) is 0 Å². The van der Waals surface area contributed by atoms with Crippen LogP contribution in [0.2, 0.25) is 5.15 Å². The fourth-order valence-electron chi connectivity index (χ4n) is 0.817. The van der Waals surface area contributed by atoms with Crippen LogP contribution in [0.15, 0.2) is 6.33 Å². The van der Waals surface area contributed by atoms with Gasteiger partial charge in [0, 0.05) is 22.6 Å². The molecule has 0 aliphatic heterocycles. The third kappa shape index (κ3) is 1.18. The molecule has 2 N–H and O–H groups in total. The van der Waals surface area contributed by atoms with Crippen molar-refractivity contribution in [1.29, 1.82) is 0 Å². The largest absolute Gasteiger partial charge is 0.305 e. The SMILES string of the molecule is Clc1nc(I)nc2[nH+]c[nH]c12. The van der Waals surface area contributed by atoms with Crippen LogP contribution in [-0.4, -0.2) is 15.0 Å². The molecule has 0 aliphatic rings. The van der Waals surface area contributed by atoms with Crippen molar-refractivity contribution in [1.82, 2.24) is 15.0 Å². The highest BCUT2D eigenvalue weighted by Gasteiger charge is 2.11. The standard InChI is InChI=1S/C5H2ClIN4/c6-3-2-4(9-1-8-2)11-5(7)10-3/h1H,(H,8,9,10,11)/p+1. The van der Waals surface area contributed by atoms with Gasteiger partial charge >= 0.3 is 5.65 Å². The number of rotatable bonds is 0. The maximum atomic E-state index is 5.80. The number of fused-ring (bicyclic) bond motifs is 1. The number of imidazole rings is 1. The molecule has 4 nitrogen and oxygen atoms in total. The number of nitrogens with one attached hydrogen (secondary N) is 2. The maximum Gasteiger partial charge on any atom is 0.305 e. The summed E-state index contributed by atoms with van der Waals surface area (Å²) in [6.45, 7) is 0. The molecule has 0 spiro atoms. The van der Waals surface area contributed by atoms with Crippen LogP contribution in [0, 0.1) is 3.83 Å². The minimum atomic E-state index is 0.445. The van der Waals surface area contributed by atoms with Crippen molar-refractivity contribution in [3.63, 3.8) is 0 Å². The van der Waals surface area contributed by atoms with Crippen molar-refractivity contribution in [2.24, 2.45) is 0 Å². The molecule has 0 saturated carbocycles. The van der Waals surface area contributed by atoms with Gasteiger partial charge in [-0.1, -0.05) is 16.6 Å². The summed E-state index contributed by atoms with van der Waals surface area (Å²) in [5.74, 6) is 0. The summed E-state index contributed by atoms with van der Waals surface area (Å²) in [7, 11) is 0. The van der Waals surface area contributed by atoms with Gasteiger partial charge in [-0.25, -0.2) is 4.98 Å². The van der Waals surface area contributed by atoms with Gasteiger partial charge in [-0.3, -0.25) is 4.98 Å². The molecule has 0 bridgehead atoms. The lowest BCUT2D eigenvalue weighted by Crippen LogP contribution is -1.99. The van der Waals surface area contributed by atoms with E-state index in [9.17, 15) is 0 Å². The van der Waals surface area contributed by atoms with Crippen molar-refractivity contribution >= 4 is 45.4 Å². The topological polar surface area (TPSA) is 55.7 Å². The van der Waals surface area contributed by atoms with Crippen LogP contribution >= 0.6 is 34.2 Å². The summed E-state index contributed by atoms with van der Waals surface area (Å²) >= 11 is 7.81. The summed E-state index contributed by atoms with van der Waals surface area (Å²) in [5, 5.41) is 0.445. The van der Waals surface area contributed by atoms with Crippen LogP contribution in [0.4, 0.5) is 0 Å². The minimum Gasteiger partial charge on any atom is -0.271 e. The normalized spacial score (nSPS) is 10.7. The van der Waals surface area contributed by atoms with Crippen molar-refractivity contribution in [2.45, 2.75) is 0 Å². The highest BCUT2D eigenvalue weighted by atomic mass is 127. The Bertz CT molecular complexity index is 398. The molecule has 0 aromatic carbocycles. The third-order valence-corrected chi connectivity index (χ3v) is 2.02. The minimum absolute atomic E-state index is 0.445. The molecular weight excluding hydrogens is 278 g/mol. The van der Waals surface area contributed by atoms with Crippen LogP contribution in [-0.2, 0) is 0 Å². The second-order valence-electron chi connectivity index (χ2n) is 1.94. The third-order valence-electron chi connectivity index (χ3n) is 1.26. The van der Waals surface area contributed by atoms with E-state index in [2.05, 4.69) is 19.9 Å². The zero-order valence-electron chi connectivity index (χ0n) is 5.23. The van der Waals surface area contributed by atoms with Crippen LogP contribution in [0.3, 0.4) is 0 Å². The van der Waals surface area contributed by atoms with Gasteiger partial charge in [-0.2, -0.15) is 4.98 Å². The first-order valence-electron chi connectivity index (χ1n) is 2.85. The fraction of sp³-hybridized carbons (Fsp3) is 0. The summed E-state index contributed by atoms with van der Waals surface area (Å²) in [5.41, 5.74) is 1.47. The predicted molar refractivity (Wildman–Crippen MR) is 48.2 cm³/mol. The zero-order chi connectivity index (χ0) is 7.84. The molecule has 2 aromatic rings. The van der Waals surface area contributed by atoms with Gasteiger partial charge in [-0.05, 0) is 0 Å². The molecule has 2 heterocycles. The zero-order valence-corrected chi connectivity index (χ0v) is 8.14. The molecular formula is C5H3ClIN4+. The first-order chi connectivity index (χ1) is 5.27. The average Bonchev–Trinajstić information content (AvgIpc) is 2.34. The second-order valence-corrected chi connectivity index (χ2v) is 3.26. The van der Waals surface area contributed by atoms with E-state index in [4.69, 9.17) is 11.6 Å². The van der Waals surface area contributed by atoms with E-state index in [0.29, 0.717) is 8.98 Å². The maximum absolute atomic E-state index is 5.80. The van der Waals surface area contributed by atoms with Gasteiger partial charge in [0.05, 0.1) is 0 Å². The van der Waals surface area contributed by atoms with E-state index >= 15 is 0 Å². The second kappa shape index (κ2) is 2.56. The van der Waals surface area contributed by atoms with Crippen LogP contribution < -0.4 is 4.98 Å². The lowest BCUT2D eigenvalue weighted by atomic mass is 10.6. The first kappa shape index (κ1) is 7.23. The molecule has 2 rings (SSSR count). The molecule has 0 fully saturated rings. The van der Waals surface area contributed by atoms with Gasteiger partial charge in [0.15, 0.2) is 11.5 Å². The highest BCUT2D eigenvalue weighted by Crippen LogP contribution is 2.14. The number of H-pyrrole nitrogens is 2. The highest BCUT2D eigenvalue weighted by molar-refractivity contribution is 14.1. The molecule has 56 valence electrons. The van der Waals surface area contributed by atoms with Gasteiger partial charge < -0.3 is 0 Å². The molecule has 0 saturated heterocycles. The van der Waals surface area contributed by atoms with Gasteiger partial charge in [0.25, 0.3) is 3.83 Å². The van der Waals surface area contributed by atoms with Crippen molar-refractivity contribution in [3.05, 3.63) is 15.3 Å². The van der Waals surface area contributed by atoms with Crippen LogP contribution in [0.5, 0.6) is 0 Å². The summed E-state index contributed by atoms with van der Waals surface area (Å²) in [4.78, 5) is 13.9. The number of aromatic nitrogens is 4. The van der Waals surface area contributed by atoms with E-state index in [1.165, 1.54) is 0 Å². The van der Waals surface area contributed by atoms with E-state index in [0.717, 1.165) is 11.2 Å². The number of nitrogens with zero attached hydrogens (tertiary/aromatic N) is 2. The molecule has 0 atom stereocenters. The molecule has 0 unspecified atom stereocenters. The Hall–Kier alpha value is -0.430. The predicted octanol–water partition coefficient (Wildman–Crippen LogP) is 1.03. The Balaban J connectivity index is 2.91. The molecule has 2 aromatic heterocycles. The molecule has 11 heavy (non-hydrogen) atoms. The molecule has 0 aliphatic carbocycles. The summed E-state index contributed by atoms with van der Waals surface area (Å²) in [6, 6.07) is 0. The van der Waals surface area contributed by atoms with E-state index in [1.54, 1.807) is 6.33 Å². The number of hydrogen-bond acceptors (Lipinski definition) is 2. The van der Waals surface area contributed by atoms with Gasteiger partial charge in [0.1, 0.15) is 0 Å². The Labute approximate surface area is 80.5 Å². The quantitative estimate of drug-likeness (QED) is 0.445. The van der Waals surface area contributed by atoms with E-state index in [-0.39, 0.29) is 0 Å². The van der Waals surface area contributed by atoms with Gasteiger partial charge in [-0.15, -0.1) is 0 Å². The number of hydrogen-bond donors (Lipinski definition) is 1. The lowest BCUT2D eigenvalue weighted by Gasteiger charge is -1.85. The van der Waals surface area contributed by atoms with E-state index in [1.807, 2.05) is 22.6 Å². The Morgan fingerprint density at radius 2 is 2.36 bits per heavy atom. The Morgan fingerprint density at radius 3 is 3.18 bits per heavy atom. The number of aromatic amines is 2. The van der Waals surface area contributed by atoms with Crippen LogP contribution in [0.25, 0.3) is 11.2 Å². The molecule has 6 heteroatoms. The first-order valence-corrected chi connectivity index (χ1v) is 4.31. The monoisotopic (exact) mass is 281 g/mol. The van der Waals surface area contributed by atoms with Gasteiger partial charge in [0.2, 0.25) is 5.52 Å². The fourth-order valence-corrected chi connectivity index (χ4v) is 1.67. The summed E-state index contributed by atoms with van der Waals surface area (Å²) in [6.07, 6.45) is 1.67. The summed E-state index contributed by atoms with van der Waals surface area (Å²) < 4.78 is 0.635. The average molecular weight is 281 g/mol. The Morgan fingerprint density at radius 1 is 1.55 bits per heavy atom. The number of halogens is 2. The lowest BCUT2D eigenvalue weighted by molar-refractivity contribution is -0.347. The van der Waals surface area contributed by atoms with Crippen molar-refractivity contribution in [2.75, 3.05) is 0 Å². The van der Waals surface area contributed by atoms with Crippen molar-refractivity contribution < 1.29 is 4.98 Å². The van der Waals surface area contributed by atoms with E-state index < -0.39 is 0 Å².